The number of hydrogen-bond acceptors (Lipinski definition) is 8. The molecular weight excluding hydrogens is 606 g/mol. The lowest BCUT2D eigenvalue weighted by atomic mass is 9.94. The van der Waals surface area contributed by atoms with E-state index in [9.17, 15) is 14.7 Å². The zero-order chi connectivity index (χ0) is 34.6. The van der Waals surface area contributed by atoms with E-state index in [1.165, 1.54) is 0 Å². The number of fused-ring (bicyclic) bond motifs is 1. The molecule has 2 aromatic heterocycles. The van der Waals surface area contributed by atoms with Crippen molar-refractivity contribution in [1.29, 1.82) is 0 Å². The van der Waals surface area contributed by atoms with Crippen molar-refractivity contribution in [3.63, 3.8) is 0 Å². The number of nitrogens with zero attached hydrogens (tertiary/aromatic N) is 5. The maximum absolute atomic E-state index is 13.1. The van der Waals surface area contributed by atoms with Crippen LogP contribution in [-0.4, -0.2) is 74.2 Å². The maximum atomic E-state index is 13.1. The first-order chi connectivity index (χ1) is 22.7. The van der Waals surface area contributed by atoms with E-state index in [0.717, 1.165) is 85.8 Å². The molecule has 2 unspecified atom stereocenters. The number of likely N-dealkylation sites (tertiary alicyclic amines) is 1. The van der Waals surface area contributed by atoms with Gasteiger partial charge in [0, 0.05) is 36.9 Å². The van der Waals surface area contributed by atoms with Crippen molar-refractivity contribution in [3.8, 4) is 5.69 Å². The Kier molecular flexibility index (Phi) is 10.9. The van der Waals surface area contributed by atoms with E-state index < -0.39 is 11.2 Å². The zero-order valence-corrected chi connectivity index (χ0v) is 29.8. The molecule has 1 amide bonds. The number of hydrogen-bond donors (Lipinski definition) is 1. The largest absolute Gasteiger partial charge is 0.460 e. The molecule has 2 aliphatic heterocycles. The summed E-state index contributed by atoms with van der Waals surface area (Å²) in [7, 11) is 0. The molecule has 10 heteroatoms. The lowest BCUT2D eigenvalue weighted by Crippen LogP contribution is -2.40. The van der Waals surface area contributed by atoms with E-state index in [1.807, 2.05) is 71.3 Å². The molecule has 5 rings (SSSR count). The fourth-order valence-corrected chi connectivity index (χ4v) is 6.75. The minimum Gasteiger partial charge on any atom is -0.460 e. The molecular formula is C38H53N5O5. The molecule has 4 heterocycles. The number of pyridine rings is 1. The average Bonchev–Trinajstić information content (AvgIpc) is 3.63. The maximum Gasteiger partial charge on any atom is 0.416 e. The van der Waals surface area contributed by atoms with Crippen molar-refractivity contribution in [2.75, 3.05) is 31.1 Å². The summed E-state index contributed by atoms with van der Waals surface area (Å²) in [5.41, 5.74) is 4.52. The van der Waals surface area contributed by atoms with Gasteiger partial charge in [-0.25, -0.2) is 14.5 Å². The lowest BCUT2D eigenvalue weighted by Gasteiger charge is -2.31. The third kappa shape index (κ3) is 9.44. The molecule has 2 aliphatic rings. The molecule has 260 valence electrons. The van der Waals surface area contributed by atoms with Crippen LogP contribution in [0.2, 0.25) is 0 Å². The number of aryl methyl sites for hydroxylation is 3. The quantitative estimate of drug-likeness (QED) is 0.245. The van der Waals surface area contributed by atoms with Crippen LogP contribution in [0.4, 0.5) is 10.6 Å². The van der Waals surface area contributed by atoms with E-state index in [0.29, 0.717) is 18.2 Å². The fourth-order valence-electron chi connectivity index (χ4n) is 6.75. The second-order valence-corrected chi connectivity index (χ2v) is 15.4. The third-order valence-corrected chi connectivity index (χ3v) is 8.89. The molecule has 0 spiro atoms. The number of benzene rings is 1. The molecule has 48 heavy (non-hydrogen) atoms. The number of ether oxygens (including phenoxy) is 2. The Balaban J connectivity index is 1.25. The average molecular weight is 660 g/mol. The SMILES string of the molecule is Cc1cc(CO)nn1-c1cccc(C(CC(=O)OC(C)(C)C)CN2CCC(CCc3ccc4c(n3)N(C(=O)OC(C)(C)C)CCC4)C2)c1. The molecule has 0 aliphatic carbocycles. The van der Waals surface area contributed by atoms with Crippen LogP contribution in [0.25, 0.3) is 5.69 Å². The topological polar surface area (TPSA) is 110 Å². The summed E-state index contributed by atoms with van der Waals surface area (Å²) in [6.07, 6.45) is 4.71. The monoisotopic (exact) mass is 659 g/mol. The Morgan fingerprint density at radius 1 is 1.00 bits per heavy atom. The Morgan fingerprint density at radius 2 is 1.77 bits per heavy atom. The van der Waals surface area contributed by atoms with Crippen LogP contribution in [0, 0.1) is 12.8 Å². The van der Waals surface area contributed by atoms with Crippen molar-refractivity contribution < 1.29 is 24.2 Å². The van der Waals surface area contributed by atoms with E-state index in [4.69, 9.17) is 14.5 Å². The highest BCUT2D eigenvalue weighted by Crippen LogP contribution is 2.31. The molecule has 0 saturated carbocycles. The minimum absolute atomic E-state index is 0.0483. The van der Waals surface area contributed by atoms with Crippen molar-refractivity contribution in [3.05, 3.63) is 70.7 Å². The van der Waals surface area contributed by atoms with Crippen molar-refractivity contribution >= 4 is 17.9 Å². The van der Waals surface area contributed by atoms with Crippen molar-refractivity contribution in [2.24, 2.45) is 5.92 Å². The second-order valence-electron chi connectivity index (χ2n) is 15.4. The van der Waals surface area contributed by atoms with Gasteiger partial charge < -0.3 is 19.5 Å². The molecule has 2 atom stereocenters. The van der Waals surface area contributed by atoms with Crippen LogP contribution >= 0.6 is 0 Å². The predicted octanol–water partition coefficient (Wildman–Crippen LogP) is 6.53. The van der Waals surface area contributed by atoms with Gasteiger partial charge in [0.05, 0.1) is 24.4 Å². The first kappa shape index (κ1) is 35.5. The van der Waals surface area contributed by atoms with Gasteiger partial charge in [-0.3, -0.25) is 9.69 Å². The normalized spacial score (nSPS) is 17.7. The fraction of sp³-hybridized carbons (Fsp3) is 0.579. The van der Waals surface area contributed by atoms with E-state index >= 15 is 0 Å². The molecule has 10 nitrogen and oxygen atoms in total. The number of aliphatic hydroxyl groups excluding tert-OH is 1. The summed E-state index contributed by atoms with van der Waals surface area (Å²) in [5.74, 6) is 1.01. The second kappa shape index (κ2) is 14.8. The number of carbonyl (C=O) groups is 2. The van der Waals surface area contributed by atoms with Crippen LogP contribution in [0.5, 0.6) is 0 Å². The van der Waals surface area contributed by atoms with Gasteiger partial charge in [0.1, 0.15) is 17.0 Å². The molecule has 0 radical (unpaired) electrons. The Bertz CT molecular complexity index is 1590. The molecule has 3 aromatic rings. The predicted molar refractivity (Wildman–Crippen MR) is 186 cm³/mol. The number of amides is 1. The lowest BCUT2D eigenvalue weighted by molar-refractivity contribution is -0.155. The highest BCUT2D eigenvalue weighted by molar-refractivity contribution is 5.88. The Labute approximate surface area is 285 Å². The standard InChI is InChI=1S/C38H53N5O5/c1-26-20-32(25-44)40-43(26)33-12-8-10-29(21-33)30(22-34(45)47-37(2,3)4)24-41-19-17-27(23-41)13-15-31-16-14-28-11-9-18-42(35(28)39-31)36(46)48-38(5,6)7/h8,10,12,14,16,20-21,27,30,44H,9,11,13,15,17-19,22-25H2,1-7H3. The van der Waals surface area contributed by atoms with Gasteiger partial charge in [-0.15, -0.1) is 0 Å². The van der Waals surface area contributed by atoms with E-state index in [2.05, 4.69) is 34.3 Å². The molecule has 0 bridgehead atoms. The number of aliphatic hydroxyl groups is 1. The molecule has 1 N–H and O–H groups in total. The highest BCUT2D eigenvalue weighted by Gasteiger charge is 2.30. The zero-order valence-electron chi connectivity index (χ0n) is 29.8. The highest BCUT2D eigenvalue weighted by atomic mass is 16.6. The van der Waals surface area contributed by atoms with Gasteiger partial charge >= 0.3 is 12.1 Å². The van der Waals surface area contributed by atoms with Gasteiger partial charge in [-0.05, 0) is 128 Å². The summed E-state index contributed by atoms with van der Waals surface area (Å²) >= 11 is 0. The van der Waals surface area contributed by atoms with Crippen molar-refractivity contribution in [1.82, 2.24) is 19.7 Å². The Hall–Kier alpha value is -3.76. The number of aromatic nitrogens is 3. The van der Waals surface area contributed by atoms with Gasteiger partial charge in [-0.1, -0.05) is 18.2 Å². The van der Waals surface area contributed by atoms with Crippen LogP contribution in [0.15, 0.2) is 42.5 Å². The van der Waals surface area contributed by atoms with E-state index in [-0.39, 0.29) is 31.0 Å². The first-order valence-corrected chi connectivity index (χ1v) is 17.4. The molecule has 1 fully saturated rings. The first-order valence-electron chi connectivity index (χ1n) is 17.4. The third-order valence-electron chi connectivity index (χ3n) is 8.89. The van der Waals surface area contributed by atoms with Crippen LogP contribution in [-0.2, 0) is 33.7 Å². The van der Waals surface area contributed by atoms with E-state index in [1.54, 1.807) is 4.90 Å². The van der Waals surface area contributed by atoms with Crippen molar-refractivity contribution in [2.45, 2.75) is 111 Å². The van der Waals surface area contributed by atoms with Crippen LogP contribution in [0.3, 0.4) is 0 Å². The smallest absolute Gasteiger partial charge is 0.416 e. The van der Waals surface area contributed by atoms with Gasteiger partial charge in [-0.2, -0.15) is 5.10 Å². The number of rotatable bonds is 10. The number of carbonyl (C=O) groups excluding carboxylic acids is 2. The van der Waals surface area contributed by atoms with Gasteiger partial charge in [0.25, 0.3) is 0 Å². The van der Waals surface area contributed by atoms with Crippen LogP contribution < -0.4 is 4.90 Å². The number of anilines is 1. The summed E-state index contributed by atoms with van der Waals surface area (Å²) in [6, 6.07) is 14.3. The Morgan fingerprint density at radius 3 is 2.48 bits per heavy atom. The van der Waals surface area contributed by atoms with Gasteiger partial charge in [0.2, 0.25) is 0 Å². The van der Waals surface area contributed by atoms with Gasteiger partial charge in [0.15, 0.2) is 0 Å². The summed E-state index contributed by atoms with van der Waals surface area (Å²) < 4.78 is 13.3. The summed E-state index contributed by atoms with van der Waals surface area (Å²) in [6.45, 7) is 16.5. The molecule has 1 aromatic carbocycles. The van der Waals surface area contributed by atoms with Crippen LogP contribution in [0.1, 0.15) is 101 Å². The summed E-state index contributed by atoms with van der Waals surface area (Å²) in [4.78, 5) is 35.2. The molecule has 1 saturated heterocycles. The minimum atomic E-state index is -0.557. The number of esters is 1. The summed E-state index contributed by atoms with van der Waals surface area (Å²) in [5, 5.41) is 14.1.